The summed E-state index contributed by atoms with van der Waals surface area (Å²) in [5.41, 5.74) is 0.664. The van der Waals surface area contributed by atoms with E-state index in [-0.39, 0.29) is 0 Å². The van der Waals surface area contributed by atoms with Crippen molar-refractivity contribution in [3.05, 3.63) is 0 Å². The molecule has 54 valence electrons. The van der Waals surface area contributed by atoms with Crippen LogP contribution in [0.3, 0.4) is 0 Å². The highest BCUT2D eigenvalue weighted by atomic mass is 15.1. The van der Waals surface area contributed by atoms with E-state index in [1.807, 2.05) is 14.0 Å². The third-order valence-electron chi connectivity index (χ3n) is 1.11. The molecule has 0 aromatic heterocycles. The Balaban J connectivity index is 3.16. The lowest BCUT2D eigenvalue weighted by atomic mass is 10.4. The second kappa shape index (κ2) is 4.47. The minimum Gasteiger partial charge on any atom is -0.309 e. The highest BCUT2D eigenvalue weighted by Gasteiger charge is 1.93. The molecule has 0 aromatic carbocycles. The molecule has 3 nitrogen and oxygen atoms in total. The van der Waals surface area contributed by atoms with E-state index in [1.165, 1.54) is 0 Å². The van der Waals surface area contributed by atoms with Crippen molar-refractivity contribution >= 4 is 5.71 Å². The molecular formula is C6H15N3. The molecule has 1 unspecified atom stereocenters. The van der Waals surface area contributed by atoms with Gasteiger partial charge in [0.05, 0.1) is 6.17 Å². The zero-order valence-corrected chi connectivity index (χ0v) is 6.28. The van der Waals surface area contributed by atoms with Gasteiger partial charge in [-0.2, -0.15) is 0 Å². The maximum atomic E-state index is 7.07. The van der Waals surface area contributed by atoms with Crippen molar-refractivity contribution in [3.8, 4) is 0 Å². The van der Waals surface area contributed by atoms with E-state index < -0.39 is 0 Å². The smallest absolute Gasteiger partial charge is 0.0543 e. The van der Waals surface area contributed by atoms with E-state index in [4.69, 9.17) is 5.41 Å². The molecule has 0 amide bonds. The second-order valence-electron chi connectivity index (χ2n) is 2.17. The van der Waals surface area contributed by atoms with Crippen LogP contribution in [0.5, 0.6) is 0 Å². The van der Waals surface area contributed by atoms with E-state index in [2.05, 4.69) is 10.6 Å². The largest absolute Gasteiger partial charge is 0.309 e. The highest BCUT2D eigenvalue weighted by molar-refractivity contribution is 5.80. The van der Waals surface area contributed by atoms with Crippen LogP contribution in [0.2, 0.25) is 0 Å². The maximum absolute atomic E-state index is 7.07. The van der Waals surface area contributed by atoms with E-state index >= 15 is 0 Å². The standard InChI is InChI=1S/C6H15N3/c1-5(7)4-9-6(2)8-3/h6-9H,4H2,1-3H3. The van der Waals surface area contributed by atoms with Gasteiger partial charge in [-0.15, -0.1) is 0 Å². The molecule has 0 heterocycles. The Morgan fingerprint density at radius 2 is 2.22 bits per heavy atom. The van der Waals surface area contributed by atoms with Gasteiger partial charge in [-0.05, 0) is 20.9 Å². The molecule has 0 spiro atoms. The van der Waals surface area contributed by atoms with Gasteiger partial charge >= 0.3 is 0 Å². The average molecular weight is 129 g/mol. The summed E-state index contributed by atoms with van der Waals surface area (Å²) in [7, 11) is 1.89. The topological polar surface area (TPSA) is 47.9 Å². The first-order chi connectivity index (χ1) is 4.16. The molecule has 0 aliphatic rings. The van der Waals surface area contributed by atoms with Crippen LogP contribution in [0.15, 0.2) is 0 Å². The SMILES string of the molecule is CNC(C)NCC(C)=N. The fourth-order valence-corrected chi connectivity index (χ4v) is 0.408. The van der Waals surface area contributed by atoms with Crippen molar-refractivity contribution in [1.29, 1.82) is 5.41 Å². The third-order valence-corrected chi connectivity index (χ3v) is 1.11. The summed E-state index contributed by atoms with van der Waals surface area (Å²) in [4.78, 5) is 0. The van der Waals surface area contributed by atoms with E-state index in [0.717, 1.165) is 0 Å². The predicted octanol–water partition coefficient (Wildman–Crippen LogP) is 0.181. The molecule has 1 atom stereocenters. The number of rotatable bonds is 4. The highest BCUT2D eigenvalue weighted by Crippen LogP contribution is 1.71. The van der Waals surface area contributed by atoms with Crippen LogP contribution in [-0.2, 0) is 0 Å². The van der Waals surface area contributed by atoms with Crippen molar-refractivity contribution in [2.75, 3.05) is 13.6 Å². The molecule has 0 bridgehead atoms. The quantitative estimate of drug-likeness (QED) is 0.374. The van der Waals surface area contributed by atoms with E-state index in [1.54, 1.807) is 6.92 Å². The van der Waals surface area contributed by atoms with Gasteiger partial charge in [-0.25, -0.2) is 0 Å². The van der Waals surface area contributed by atoms with Gasteiger partial charge in [0.15, 0.2) is 0 Å². The average Bonchev–Trinajstić information content (AvgIpc) is 1.83. The molecule has 0 fully saturated rings. The molecule has 0 saturated heterocycles. The molecule has 3 N–H and O–H groups in total. The van der Waals surface area contributed by atoms with Gasteiger partial charge in [0.25, 0.3) is 0 Å². The third kappa shape index (κ3) is 5.46. The summed E-state index contributed by atoms with van der Waals surface area (Å²) in [5.74, 6) is 0. The zero-order chi connectivity index (χ0) is 7.28. The summed E-state index contributed by atoms with van der Waals surface area (Å²) in [6, 6.07) is 0. The molecular weight excluding hydrogens is 114 g/mol. The molecule has 0 aliphatic carbocycles. The number of nitrogens with one attached hydrogen (secondary N) is 3. The molecule has 0 radical (unpaired) electrons. The summed E-state index contributed by atoms with van der Waals surface area (Å²) < 4.78 is 0. The van der Waals surface area contributed by atoms with Crippen molar-refractivity contribution in [2.24, 2.45) is 0 Å². The van der Waals surface area contributed by atoms with Crippen LogP contribution in [0.1, 0.15) is 13.8 Å². The van der Waals surface area contributed by atoms with Crippen molar-refractivity contribution in [1.82, 2.24) is 10.6 Å². The lowest BCUT2D eigenvalue weighted by Crippen LogP contribution is -2.39. The Hall–Kier alpha value is -0.410. The van der Waals surface area contributed by atoms with E-state index in [9.17, 15) is 0 Å². The van der Waals surface area contributed by atoms with Crippen LogP contribution in [-0.4, -0.2) is 25.5 Å². The lowest BCUT2D eigenvalue weighted by Gasteiger charge is -2.10. The zero-order valence-electron chi connectivity index (χ0n) is 6.28. The first-order valence-electron chi connectivity index (χ1n) is 3.11. The fourth-order valence-electron chi connectivity index (χ4n) is 0.408. The Labute approximate surface area is 56.3 Å². The van der Waals surface area contributed by atoms with Gasteiger partial charge in [-0.3, -0.25) is 5.32 Å². The van der Waals surface area contributed by atoms with Gasteiger partial charge in [0, 0.05) is 12.3 Å². The fraction of sp³-hybridized carbons (Fsp3) is 0.833. The monoisotopic (exact) mass is 129 g/mol. The lowest BCUT2D eigenvalue weighted by molar-refractivity contribution is 0.521. The summed E-state index contributed by atoms with van der Waals surface area (Å²) in [5, 5.41) is 13.2. The molecule has 0 aromatic rings. The van der Waals surface area contributed by atoms with Gasteiger partial charge in [-0.1, -0.05) is 0 Å². The molecule has 0 rings (SSSR count). The summed E-state index contributed by atoms with van der Waals surface area (Å²) >= 11 is 0. The second-order valence-corrected chi connectivity index (χ2v) is 2.17. The first kappa shape index (κ1) is 8.59. The Morgan fingerprint density at radius 3 is 2.56 bits per heavy atom. The van der Waals surface area contributed by atoms with Crippen LogP contribution in [0.25, 0.3) is 0 Å². The van der Waals surface area contributed by atoms with Crippen LogP contribution in [0.4, 0.5) is 0 Å². The van der Waals surface area contributed by atoms with Crippen LogP contribution >= 0.6 is 0 Å². The maximum Gasteiger partial charge on any atom is 0.0543 e. The van der Waals surface area contributed by atoms with Crippen LogP contribution in [0, 0.1) is 5.41 Å². The van der Waals surface area contributed by atoms with Gasteiger partial charge in [0.2, 0.25) is 0 Å². The molecule has 0 aliphatic heterocycles. The van der Waals surface area contributed by atoms with Gasteiger partial charge in [0.1, 0.15) is 0 Å². The Bertz CT molecular complexity index is 90.3. The normalized spacial score (nSPS) is 13.2. The number of hydrogen-bond acceptors (Lipinski definition) is 3. The van der Waals surface area contributed by atoms with Crippen LogP contribution < -0.4 is 10.6 Å². The molecule has 3 heteroatoms. The summed E-state index contributed by atoms with van der Waals surface area (Å²) in [6.07, 6.45) is 0.297. The van der Waals surface area contributed by atoms with Crippen molar-refractivity contribution in [2.45, 2.75) is 20.0 Å². The molecule has 0 saturated carbocycles. The van der Waals surface area contributed by atoms with Crippen molar-refractivity contribution < 1.29 is 0 Å². The Kier molecular flexibility index (Phi) is 4.26. The minimum atomic E-state index is 0.297. The van der Waals surface area contributed by atoms with E-state index in [0.29, 0.717) is 18.4 Å². The minimum absolute atomic E-state index is 0.297. The Morgan fingerprint density at radius 1 is 1.67 bits per heavy atom. The predicted molar refractivity (Wildman–Crippen MR) is 39.9 cm³/mol. The van der Waals surface area contributed by atoms with Crippen molar-refractivity contribution in [3.63, 3.8) is 0 Å². The summed E-state index contributed by atoms with van der Waals surface area (Å²) in [6.45, 7) is 4.47. The molecule has 9 heavy (non-hydrogen) atoms. The number of hydrogen-bond donors (Lipinski definition) is 3. The first-order valence-corrected chi connectivity index (χ1v) is 3.11. The van der Waals surface area contributed by atoms with Gasteiger partial charge < -0.3 is 10.7 Å².